The van der Waals surface area contributed by atoms with E-state index in [1.54, 1.807) is 0 Å². The Bertz CT molecular complexity index is 408. The molecule has 0 saturated carbocycles. The van der Waals surface area contributed by atoms with Gasteiger partial charge >= 0.3 is 0 Å². The molecule has 0 atom stereocenters. The molecule has 0 spiro atoms. The summed E-state index contributed by atoms with van der Waals surface area (Å²) in [6.45, 7) is 3.77. The molecule has 0 nitrogen and oxygen atoms in total. The van der Waals surface area contributed by atoms with Crippen LogP contribution in [0, 0.1) is 6.07 Å². The van der Waals surface area contributed by atoms with Gasteiger partial charge in [0.2, 0.25) is 0 Å². The quantitative estimate of drug-likeness (QED) is 0.589. The maximum absolute atomic E-state index is 3.77. The highest BCUT2D eigenvalue weighted by Crippen LogP contribution is 2.18. The second-order valence-electron chi connectivity index (χ2n) is 2.68. The monoisotopic (exact) mass is 153 g/mol. The second kappa shape index (κ2) is 2.82. The smallest absolute Gasteiger partial charge is 0.00990 e. The minimum Gasteiger partial charge on any atom is -0.0984 e. The van der Waals surface area contributed by atoms with E-state index in [1.165, 1.54) is 10.9 Å². The molecular formula is C12H9. The van der Waals surface area contributed by atoms with Crippen LogP contribution in [-0.2, 0) is 0 Å². The molecule has 0 bridgehead atoms. The Morgan fingerprint density at radius 1 is 1.17 bits per heavy atom. The lowest BCUT2D eigenvalue weighted by Crippen LogP contribution is -1.76. The van der Waals surface area contributed by atoms with Gasteiger partial charge in [0.25, 0.3) is 0 Å². The van der Waals surface area contributed by atoms with Crippen LogP contribution >= 0.6 is 0 Å². The van der Waals surface area contributed by atoms with Crippen molar-refractivity contribution in [2.45, 2.75) is 0 Å². The molecule has 0 heterocycles. The van der Waals surface area contributed by atoms with Gasteiger partial charge in [-0.3, -0.25) is 0 Å². The van der Waals surface area contributed by atoms with Crippen LogP contribution in [0.1, 0.15) is 5.56 Å². The molecular weight excluding hydrogens is 144 g/mol. The Labute approximate surface area is 72.2 Å². The zero-order valence-electron chi connectivity index (χ0n) is 6.75. The van der Waals surface area contributed by atoms with E-state index in [9.17, 15) is 0 Å². The minimum absolute atomic E-state index is 1.15. The van der Waals surface area contributed by atoms with Crippen molar-refractivity contribution >= 4 is 16.8 Å². The first kappa shape index (κ1) is 7.11. The van der Waals surface area contributed by atoms with Crippen molar-refractivity contribution in [3.63, 3.8) is 0 Å². The maximum atomic E-state index is 3.77. The fourth-order valence-corrected chi connectivity index (χ4v) is 1.36. The third kappa shape index (κ3) is 1.02. The van der Waals surface area contributed by atoms with Gasteiger partial charge in [-0.1, -0.05) is 49.1 Å². The van der Waals surface area contributed by atoms with Gasteiger partial charge < -0.3 is 0 Å². The molecule has 0 amide bonds. The summed E-state index contributed by atoms with van der Waals surface area (Å²) in [4.78, 5) is 0. The lowest BCUT2D eigenvalue weighted by Gasteiger charge is -1.99. The lowest BCUT2D eigenvalue weighted by atomic mass is 10.1. The van der Waals surface area contributed by atoms with Crippen molar-refractivity contribution in [1.82, 2.24) is 0 Å². The predicted octanol–water partition coefficient (Wildman–Crippen LogP) is 3.28. The van der Waals surface area contributed by atoms with Crippen LogP contribution in [0.5, 0.6) is 0 Å². The molecule has 1 radical (unpaired) electrons. The minimum atomic E-state index is 1.15. The molecule has 2 rings (SSSR count). The van der Waals surface area contributed by atoms with Gasteiger partial charge in [0.1, 0.15) is 0 Å². The standard InChI is InChI=1S/C12H9/c1-2-10-7-5-8-11-6-3-4-9-12(10)11/h2-5,7-9H,1H2. The van der Waals surface area contributed by atoms with Crippen LogP contribution in [0.15, 0.2) is 43.0 Å². The van der Waals surface area contributed by atoms with Crippen molar-refractivity contribution in [3.8, 4) is 0 Å². The summed E-state index contributed by atoms with van der Waals surface area (Å²) >= 11 is 0. The van der Waals surface area contributed by atoms with Gasteiger partial charge in [0.05, 0.1) is 0 Å². The van der Waals surface area contributed by atoms with Crippen molar-refractivity contribution in [2.24, 2.45) is 0 Å². The number of hydrogen-bond donors (Lipinski definition) is 0. The average Bonchev–Trinajstić information content (AvgIpc) is 2.17. The van der Waals surface area contributed by atoms with Crippen LogP contribution in [-0.4, -0.2) is 0 Å². The number of rotatable bonds is 1. The van der Waals surface area contributed by atoms with E-state index in [-0.39, 0.29) is 0 Å². The van der Waals surface area contributed by atoms with E-state index < -0.39 is 0 Å². The van der Waals surface area contributed by atoms with E-state index in [1.807, 2.05) is 24.3 Å². The van der Waals surface area contributed by atoms with Gasteiger partial charge in [0.15, 0.2) is 0 Å². The highest BCUT2D eigenvalue weighted by molar-refractivity contribution is 5.89. The third-order valence-electron chi connectivity index (χ3n) is 1.96. The second-order valence-corrected chi connectivity index (χ2v) is 2.68. The molecule has 12 heavy (non-hydrogen) atoms. The maximum Gasteiger partial charge on any atom is -0.00990 e. The Hall–Kier alpha value is -1.56. The first-order valence-corrected chi connectivity index (χ1v) is 3.93. The van der Waals surface area contributed by atoms with Gasteiger partial charge in [-0.2, -0.15) is 0 Å². The van der Waals surface area contributed by atoms with Crippen molar-refractivity contribution in [2.75, 3.05) is 0 Å². The van der Waals surface area contributed by atoms with Gasteiger partial charge in [-0.05, 0) is 22.4 Å². The molecule has 0 aliphatic rings. The SMILES string of the molecule is C=Cc1cccc2[c]cccc12. The molecule has 2 aromatic carbocycles. The van der Waals surface area contributed by atoms with E-state index in [0.717, 1.165) is 5.39 Å². The van der Waals surface area contributed by atoms with Gasteiger partial charge in [0, 0.05) is 0 Å². The highest BCUT2D eigenvalue weighted by atomic mass is 14.0. The number of fused-ring (bicyclic) bond motifs is 1. The molecule has 0 aliphatic carbocycles. The fourth-order valence-electron chi connectivity index (χ4n) is 1.36. The summed E-state index contributed by atoms with van der Waals surface area (Å²) in [7, 11) is 0. The molecule has 0 aliphatic heterocycles. The lowest BCUT2D eigenvalue weighted by molar-refractivity contribution is 1.71. The number of hydrogen-bond acceptors (Lipinski definition) is 0. The van der Waals surface area contributed by atoms with Crippen LogP contribution in [0.25, 0.3) is 16.8 Å². The Balaban J connectivity index is 2.88. The summed E-state index contributed by atoms with van der Waals surface area (Å²) in [6, 6.07) is 15.3. The summed E-state index contributed by atoms with van der Waals surface area (Å²) in [5, 5.41) is 2.37. The van der Waals surface area contributed by atoms with Crippen LogP contribution < -0.4 is 0 Å². The topological polar surface area (TPSA) is 0 Å². The Kier molecular flexibility index (Phi) is 1.67. The van der Waals surface area contributed by atoms with Crippen LogP contribution in [0.3, 0.4) is 0 Å². The van der Waals surface area contributed by atoms with Crippen molar-refractivity contribution < 1.29 is 0 Å². The van der Waals surface area contributed by atoms with E-state index in [0.29, 0.717) is 0 Å². The first-order valence-electron chi connectivity index (χ1n) is 3.93. The summed E-state index contributed by atoms with van der Waals surface area (Å²) in [5.41, 5.74) is 1.17. The van der Waals surface area contributed by atoms with Gasteiger partial charge in [-0.15, -0.1) is 0 Å². The molecule has 0 aromatic heterocycles. The zero-order chi connectivity index (χ0) is 8.39. The highest BCUT2D eigenvalue weighted by Gasteiger charge is 1.94. The van der Waals surface area contributed by atoms with Crippen LogP contribution in [0.2, 0.25) is 0 Å². The first-order chi connectivity index (χ1) is 5.92. The molecule has 0 heteroatoms. The molecule has 57 valence electrons. The van der Waals surface area contributed by atoms with Crippen molar-refractivity contribution in [1.29, 1.82) is 0 Å². The van der Waals surface area contributed by atoms with E-state index in [4.69, 9.17) is 0 Å². The summed E-state index contributed by atoms with van der Waals surface area (Å²) < 4.78 is 0. The third-order valence-corrected chi connectivity index (χ3v) is 1.96. The van der Waals surface area contributed by atoms with E-state index >= 15 is 0 Å². The fraction of sp³-hybridized carbons (Fsp3) is 0. The zero-order valence-corrected chi connectivity index (χ0v) is 6.75. The normalized spacial score (nSPS) is 10.0. The predicted molar refractivity (Wildman–Crippen MR) is 52.9 cm³/mol. The van der Waals surface area contributed by atoms with E-state index in [2.05, 4.69) is 30.8 Å². The summed E-state index contributed by atoms with van der Waals surface area (Å²) in [5.74, 6) is 0. The molecule has 0 N–H and O–H groups in total. The van der Waals surface area contributed by atoms with Crippen molar-refractivity contribution in [3.05, 3.63) is 54.6 Å². The molecule has 0 saturated heterocycles. The molecule has 0 unspecified atom stereocenters. The van der Waals surface area contributed by atoms with Crippen LogP contribution in [0.4, 0.5) is 0 Å². The summed E-state index contributed by atoms with van der Waals surface area (Å²) in [6.07, 6.45) is 1.87. The molecule has 0 fully saturated rings. The Morgan fingerprint density at radius 2 is 2.08 bits per heavy atom. The number of benzene rings is 2. The average molecular weight is 153 g/mol. The molecule has 2 aromatic rings. The Morgan fingerprint density at radius 3 is 2.92 bits per heavy atom. The van der Waals surface area contributed by atoms with Gasteiger partial charge in [-0.25, -0.2) is 0 Å². The largest absolute Gasteiger partial charge is 0.0984 e.